The molecule has 0 radical (unpaired) electrons. The molecule has 3 aromatic rings. The first-order valence-corrected chi connectivity index (χ1v) is 7.97. The molecule has 0 aliphatic heterocycles. The van der Waals surface area contributed by atoms with Crippen molar-refractivity contribution >= 4 is 37.5 Å². The first-order chi connectivity index (χ1) is 9.56. The van der Waals surface area contributed by atoms with Crippen LogP contribution in [0.4, 0.5) is 0 Å². The highest BCUT2D eigenvalue weighted by atomic mass is 79.9. The van der Waals surface area contributed by atoms with E-state index in [2.05, 4.69) is 27.0 Å². The van der Waals surface area contributed by atoms with Gasteiger partial charge in [-0.25, -0.2) is 4.98 Å². The van der Waals surface area contributed by atoms with Gasteiger partial charge in [0.05, 0.1) is 10.2 Å². The molecule has 2 nitrogen and oxygen atoms in total. The lowest BCUT2D eigenvalue weighted by Crippen LogP contribution is -2.02. The number of rotatable bonds is 2. The van der Waals surface area contributed by atoms with Crippen molar-refractivity contribution in [1.29, 1.82) is 0 Å². The maximum Gasteiger partial charge on any atom is 0.131 e. The molecular weight excluding hydrogens is 334 g/mol. The molecule has 1 N–H and O–H groups in total. The number of aryl methyl sites for hydroxylation is 2. The van der Waals surface area contributed by atoms with Crippen LogP contribution in [0.2, 0.25) is 0 Å². The van der Waals surface area contributed by atoms with Gasteiger partial charge in [0.2, 0.25) is 0 Å². The molecule has 2 aromatic carbocycles. The number of nitrogens with zero attached hydrogens (tertiary/aromatic N) is 1. The van der Waals surface area contributed by atoms with E-state index in [1.165, 1.54) is 5.56 Å². The number of aromatic nitrogens is 1. The third-order valence-corrected chi connectivity index (χ3v) is 5.33. The molecule has 0 aliphatic carbocycles. The molecule has 0 amide bonds. The molecule has 0 bridgehead atoms. The Morgan fingerprint density at radius 1 is 1.15 bits per heavy atom. The SMILES string of the molecule is Cc1cc(C)c(C(O)c2nc3ccccc3s2)cc1Br. The minimum atomic E-state index is -0.677. The van der Waals surface area contributed by atoms with Crippen LogP contribution in [0.5, 0.6) is 0 Å². The minimum Gasteiger partial charge on any atom is -0.381 e. The number of benzene rings is 2. The summed E-state index contributed by atoms with van der Waals surface area (Å²) in [7, 11) is 0. The summed E-state index contributed by atoms with van der Waals surface area (Å²) in [6.07, 6.45) is -0.677. The Bertz CT molecular complexity index is 748. The summed E-state index contributed by atoms with van der Waals surface area (Å²) in [6, 6.07) is 12.0. The molecule has 0 saturated heterocycles. The zero-order chi connectivity index (χ0) is 14.3. The van der Waals surface area contributed by atoms with Crippen LogP contribution in [0, 0.1) is 13.8 Å². The van der Waals surface area contributed by atoms with E-state index in [-0.39, 0.29) is 0 Å². The van der Waals surface area contributed by atoms with Crippen molar-refractivity contribution in [3.05, 3.63) is 62.6 Å². The molecule has 0 saturated carbocycles. The molecule has 1 atom stereocenters. The zero-order valence-corrected chi connectivity index (χ0v) is 13.6. The van der Waals surface area contributed by atoms with E-state index in [9.17, 15) is 5.11 Å². The van der Waals surface area contributed by atoms with Crippen molar-refractivity contribution in [2.75, 3.05) is 0 Å². The van der Waals surface area contributed by atoms with E-state index >= 15 is 0 Å². The molecule has 0 aliphatic rings. The fraction of sp³-hybridized carbons (Fsp3) is 0.188. The minimum absolute atomic E-state index is 0.677. The summed E-state index contributed by atoms with van der Waals surface area (Å²) in [6.45, 7) is 4.07. The second-order valence-corrected chi connectivity index (χ2v) is 6.80. The number of para-hydroxylation sites is 1. The van der Waals surface area contributed by atoms with Gasteiger partial charge in [0, 0.05) is 4.47 Å². The Kier molecular flexibility index (Phi) is 3.63. The Hall–Kier alpha value is -1.23. The largest absolute Gasteiger partial charge is 0.381 e. The normalized spacial score (nSPS) is 12.8. The predicted octanol–water partition coefficient (Wildman–Crippen LogP) is 4.76. The topological polar surface area (TPSA) is 33.1 Å². The summed E-state index contributed by atoms with van der Waals surface area (Å²) in [5.41, 5.74) is 4.09. The molecule has 1 unspecified atom stereocenters. The van der Waals surface area contributed by atoms with Crippen molar-refractivity contribution in [2.45, 2.75) is 20.0 Å². The summed E-state index contributed by atoms with van der Waals surface area (Å²) in [5.74, 6) is 0. The van der Waals surface area contributed by atoms with Gasteiger partial charge < -0.3 is 5.11 Å². The Labute approximate surface area is 130 Å². The van der Waals surface area contributed by atoms with Crippen molar-refractivity contribution in [3.63, 3.8) is 0 Å². The molecule has 0 fully saturated rings. The van der Waals surface area contributed by atoms with Crippen molar-refractivity contribution in [3.8, 4) is 0 Å². The maximum atomic E-state index is 10.6. The van der Waals surface area contributed by atoms with Gasteiger partial charge in [-0.3, -0.25) is 0 Å². The van der Waals surface area contributed by atoms with Crippen LogP contribution < -0.4 is 0 Å². The highest BCUT2D eigenvalue weighted by molar-refractivity contribution is 9.10. The average molecular weight is 348 g/mol. The van der Waals surface area contributed by atoms with E-state index in [1.54, 1.807) is 11.3 Å². The van der Waals surface area contributed by atoms with E-state index in [0.29, 0.717) is 0 Å². The van der Waals surface area contributed by atoms with Crippen molar-refractivity contribution in [1.82, 2.24) is 4.98 Å². The van der Waals surface area contributed by atoms with Gasteiger partial charge in [-0.15, -0.1) is 11.3 Å². The lowest BCUT2D eigenvalue weighted by atomic mass is 10.0. The molecular formula is C16H14BrNOS. The number of aliphatic hydroxyl groups excluding tert-OH is 1. The molecule has 20 heavy (non-hydrogen) atoms. The van der Waals surface area contributed by atoms with Crippen molar-refractivity contribution < 1.29 is 5.11 Å². The van der Waals surface area contributed by atoms with Crippen LogP contribution in [-0.2, 0) is 0 Å². The second-order valence-electron chi connectivity index (χ2n) is 4.88. The Balaban J connectivity index is 2.07. The smallest absolute Gasteiger partial charge is 0.131 e. The highest BCUT2D eigenvalue weighted by Gasteiger charge is 2.18. The van der Waals surface area contributed by atoms with Gasteiger partial charge in [0.25, 0.3) is 0 Å². The molecule has 4 heteroatoms. The predicted molar refractivity (Wildman–Crippen MR) is 87.3 cm³/mol. The number of hydrogen-bond acceptors (Lipinski definition) is 3. The van der Waals surface area contributed by atoms with Crippen LogP contribution in [0.15, 0.2) is 40.9 Å². The summed E-state index contributed by atoms with van der Waals surface area (Å²) < 4.78 is 2.11. The number of thiazole rings is 1. The summed E-state index contributed by atoms with van der Waals surface area (Å²) >= 11 is 5.07. The number of fused-ring (bicyclic) bond motifs is 1. The van der Waals surface area contributed by atoms with E-state index in [1.807, 2.05) is 44.2 Å². The number of aliphatic hydroxyl groups is 1. The fourth-order valence-corrected chi connectivity index (χ4v) is 3.61. The first-order valence-electron chi connectivity index (χ1n) is 6.36. The highest BCUT2D eigenvalue weighted by Crippen LogP contribution is 2.33. The molecule has 3 rings (SSSR count). The number of halogens is 1. The zero-order valence-electron chi connectivity index (χ0n) is 11.2. The van der Waals surface area contributed by atoms with Crippen LogP contribution in [-0.4, -0.2) is 10.1 Å². The summed E-state index contributed by atoms with van der Waals surface area (Å²) in [5, 5.41) is 11.4. The fourth-order valence-electron chi connectivity index (χ4n) is 2.28. The summed E-state index contributed by atoms with van der Waals surface area (Å²) in [4.78, 5) is 4.54. The first kappa shape index (κ1) is 13.7. The molecule has 0 spiro atoms. The molecule has 1 aromatic heterocycles. The van der Waals surface area contributed by atoms with Crippen LogP contribution in [0.25, 0.3) is 10.2 Å². The van der Waals surface area contributed by atoms with Gasteiger partial charge in [-0.2, -0.15) is 0 Å². The van der Waals surface area contributed by atoms with Crippen LogP contribution in [0.1, 0.15) is 27.8 Å². The average Bonchev–Trinajstić information content (AvgIpc) is 2.86. The third-order valence-electron chi connectivity index (χ3n) is 3.39. The van der Waals surface area contributed by atoms with E-state index in [0.717, 1.165) is 30.8 Å². The standard InChI is InChI=1S/C16H14BrNOS/c1-9-7-10(2)12(17)8-11(9)15(19)16-18-13-5-3-4-6-14(13)20-16/h3-8,15,19H,1-2H3. The third kappa shape index (κ3) is 2.39. The Morgan fingerprint density at radius 3 is 2.65 bits per heavy atom. The molecule has 102 valence electrons. The Morgan fingerprint density at radius 2 is 1.90 bits per heavy atom. The quantitative estimate of drug-likeness (QED) is 0.725. The van der Waals surface area contributed by atoms with Gasteiger partial charge in [0.15, 0.2) is 0 Å². The van der Waals surface area contributed by atoms with Gasteiger partial charge >= 0.3 is 0 Å². The van der Waals surface area contributed by atoms with E-state index < -0.39 is 6.10 Å². The van der Waals surface area contributed by atoms with Crippen LogP contribution in [0.3, 0.4) is 0 Å². The van der Waals surface area contributed by atoms with E-state index in [4.69, 9.17) is 0 Å². The van der Waals surface area contributed by atoms with Crippen molar-refractivity contribution in [2.24, 2.45) is 0 Å². The molecule has 1 heterocycles. The van der Waals surface area contributed by atoms with Gasteiger partial charge in [-0.05, 0) is 48.7 Å². The lowest BCUT2D eigenvalue weighted by molar-refractivity contribution is 0.219. The number of hydrogen-bond donors (Lipinski definition) is 1. The monoisotopic (exact) mass is 347 g/mol. The maximum absolute atomic E-state index is 10.6. The van der Waals surface area contributed by atoms with Crippen LogP contribution >= 0.6 is 27.3 Å². The van der Waals surface area contributed by atoms with Gasteiger partial charge in [0.1, 0.15) is 11.1 Å². The second kappa shape index (κ2) is 5.28. The van der Waals surface area contributed by atoms with Gasteiger partial charge in [-0.1, -0.05) is 34.1 Å². The lowest BCUT2D eigenvalue weighted by Gasteiger charge is -2.13.